The Morgan fingerprint density at radius 2 is 1.43 bits per heavy atom. The quantitative estimate of drug-likeness (QED) is 0.0815. The van der Waals surface area contributed by atoms with Gasteiger partial charge in [0.25, 0.3) is 5.91 Å². The number of aromatic nitrogens is 1. The van der Waals surface area contributed by atoms with Gasteiger partial charge in [-0.05, 0) is 55.3 Å². The molecule has 3 aromatic carbocycles. The van der Waals surface area contributed by atoms with Crippen molar-refractivity contribution in [2.75, 3.05) is 13.1 Å². The molecule has 0 spiro atoms. The third-order valence-electron chi connectivity index (χ3n) is 7.61. The molecule has 1 aromatic heterocycles. The summed E-state index contributed by atoms with van der Waals surface area (Å²) in [5.41, 5.74) is 5.47. The number of likely N-dealkylation sites (tertiary alicyclic amines) is 1. The van der Waals surface area contributed by atoms with Crippen molar-refractivity contribution >= 4 is 34.7 Å². The van der Waals surface area contributed by atoms with E-state index in [9.17, 15) is 35.9 Å². The van der Waals surface area contributed by atoms with Crippen molar-refractivity contribution in [1.29, 1.82) is 0 Å². The van der Waals surface area contributed by atoms with Gasteiger partial charge < -0.3 is 20.3 Å². The summed E-state index contributed by atoms with van der Waals surface area (Å²) in [6.07, 6.45) is -9.58. The molecule has 4 aromatic rings. The molecule has 1 unspecified atom stereocenters. The first-order chi connectivity index (χ1) is 24.8. The second-order valence-corrected chi connectivity index (χ2v) is 11.8. The highest BCUT2D eigenvalue weighted by Crippen LogP contribution is 2.28. The molecule has 1 fully saturated rings. The Hall–Kier alpha value is -5.75. The first kappa shape index (κ1) is 41.7. The fourth-order valence-electron chi connectivity index (χ4n) is 5.26. The molecule has 284 valence electrons. The molecule has 1 saturated heterocycles. The number of nitrogens with one attached hydrogen (secondary N) is 2. The van der Waals surface area contributed by atoms with E-state index in [1.165, 1.54) is 0 Å². The number of carbonyl (C=O) groups excluding carboxylic acids is 2. The Bertz CT molecular complexity index is 1850. The summed E-state index contributed by atoms with van der Waals surface area (Å²) >= 11 is 0. The largest absolute Gasteiger partial charge is 0.490 e. The van der Waals surface area contributed by atoms with Crippen LogP contribution in [0.5, 0.6) is 5.75 Å². The number of ether oxygens (including phenoxy) is 1. The monoisotopic (exact) mass is 752 g/mol. The Morgan fingerprint density at radius 3 is 2.00 bits per heavy atom. The van der Waals surface area contributed by atoms with E-state index in [-0.39, 0.29) is 12.3 Å². The van der Waals surface area contributed by atoms with Gasteiger partial charge in [-0.1, -0.05) is 48.5 Å². The standard InChI is InChI=1S/C31H32N4O4.2C2HF3O2/c1-22-17-25(27-9-5-6-10-28(27)32-22)20-39-26-13-11-24(12-14-26)30(37)33-31(18-29(36)34-38)15-16-35(21-31)19-23-7-3-2-4-8-23;2*3-2(4,5)1(6)7/h2-14,17,38H,15-16,18-21H2,1H3,(H,33,37)(H,34,36);2*(H,6,7). The van der Waals surface area contributed by atoms with Crippen molar-refractivity contribution < 1.29 is 65.7 Å². The molecule has 5 rings (SSSR count). The number of aryl methyl sites for hydroxylation is 1. The van der Waals surface area contributed by atoms with Gasteiger partial charge in [0.15, 0.2) is 0 Å². The van der Waals surface area contributed by atoms with Crippen molar-refractivity contribution in [3.05, 3.63) is 107 Å². The number of benzene rings is 3. The minimum absolute atomic E-state index is 0.0129. The fraction of sp³-hybridized carbons (Fsp3) is 0.286. The van der Waals surface area contributed by atoms with E-state index in [1.54, 1.807) is 29.7 Å². The second-order valence-electron chi connectivity index (χ2n) is 11.8. The normalized spacial score (nSPS) is 15.6. The summed E-state index contributed by atoms with van der Waals surface area (Å²) in [6, 6.07) is 27.1. The number of carboxylic acids is 2. The Kier molecular flexibility index (Phi) is 14.3. The van der Waals surface area contributed by atoms with Gasteiger partial charge in [0.2, 0.25) is 5.91 Å². The van der Waals surface area contributed by atoms with Crippen LogP contribution >= 0.6 is 0 Å². The lowest BCUT2D eigenvalue weighted by atomic mass is 9.93. The van der Waals surface area contributed by atoms with E-state index in [0.717, 1.165) is 40.8 Å². The van der Waals surface area contributed by atoms with Crippen LogP contribution < -0.4 is 15.5 Å². The van der Waals surface area contributed by atoms with Gasteiger partial charge in [-0.15, -0.1) is 0 Å². The lowest BCUT2D eigenvalue weighted by Gasteiger charge is -2.30. The lowest BCUT2D eigenvalue weighted by molar-refractivity contribution is -0.193. The minimum Gasteiger partial charge on any atom is -0.489 e. The molecule has 2 amide bonds. The highest BCUT2D eigenvalue weighted by Gasteiger charge is 2.41. The first-order valence-electron chi connectivity index (χ1n) is 15.5. The molecule has 1 aliphatic heterocycles. The third kappa shape index (κ3) is 13.1. The molecule has 5 N–H and O–H groups in total. The number of hydrogen-bond donors (Lipinski definition) is 5. The number of hydroxylamine groups is 1. The molecule has 12 nitrogen and oxygen atoms in total. The molecular formula is C35H34F6N4O8. The van der Waals surface area contributed by atoms with Gasteiger partial charge in [-0.2, -0.15) is 26.3 Å². The van der Waals surface area contributed by atoms with Crippen LogP contribution in [-0.2, 0) is 27.5 Å². The van der Waals surface area contributed by atoms with Crippen LogP contribution in [0.2, 0.25) is 0 Å². The molecule has 0 bridgehead atoms. The highest BCUT2D eigenvalue weighted by atomic mass is 19.4. The maximum Gasteiger partial charge on any atom is 0.490 e. The molecule has 0 radical (unpaired) electrons. The second kappa shape index (κ2) is 18.1. The number of para-hydroxylation sites is 1. The number of rotatable bonds is 9. The van der Waals surface area contributed by atoms with Crippen LogP contribution in [0.15, 0.2) is 84.9 Å². The zero-order valence-electron chi connectivity index (χ0n) is 27.9. The van der Waals surface area contributed by atoms with E-state index < -0.39 is 35.7 Å². The average molecular weight is 753 g/mol. The summed E-state index contributed by atoms with van der Waals surface area (Å²) in [4.78, 5) is 50.0. The molecule has 18 heteroatoms. The van der Waals surface area contributed by atoms with Gasteiger partial charge >= 0.3 is 24.3 Å². The Balaban J connectivity index is 0.000000458. The number of alkyl halides is 6. The predicted octanol–water partition coefficient (Wildman–Crippen LogP) is 5.66. The van der Waals surface area contributed by atoms with Crippen molar-refractivity contribution in [2.24, 2.45) is 0 Å². The number of aliphatic carboxylic acids is 2. The molecular weight excluding hydrogens is 718 g/mol. The van der Waals surface area contributed by atoms with Crippen LogP contribution in [0.4, 0.5) is 26.3 Å². The van der Waals surface area contributed by atoms with Gasteiger partial charge in [-0.3, -0.25) is 24.7 Å². The third-order valence-corrected chi connectivity index (χ3v) is 7.61. The number of carboxylic acid groups (broad SMARTS) is 2. The molecule has 53 heavy (non-hydrogen) atoms. The van der Waals surface area contributed by atoms with Crippen LogP contribution in [-0.4, -0.2) is 80.0 Å². The van der Waals surface area contributed by atoms with Gasteiger partial charge in [-0.25, -0.2) is 15.1 Å². The number of fused-ring (bicyclic) bond motifs is 1. The fourth-order valence-corrected chi connectivity index (χ4v) is 5.26. The number of hydrogen-bond acceptors (Lipinski definition) is 8. The highest BCUT2D eigenvalue weighted by molar-refractivity contribution is 5.95. The molecule has 0 aliphatic carbocycles. The van der Waals surface area contributed by atoms with E-state index in [0.29, 0.717) is 30.9 Å². The SMILES string of the molecule is Cc1cc(COc2ccc(C(=O)NC3(CC(=O)NO)CCN(Cc4ccccc4)C3)cc2)c2ccccc2n1.O=C(O)C(F)(F)F.O=C(O)C(F)(F)F. The van der Waals surface area contributed by atoms with E-state index in [1.807, 2.05) is 55.5 Å². The zero-order chi connectivity index (χ0) is 39.4. The summed E-state index contributed by atoms with van der Waals surface area (Å²) in [7, 11) is 0. The number of pyridine rings is 1. The molecule has 1 aliphatic rings. The number of amides is 2. The lowest BCUT2D eigenvalue weighted by Crippen LogP contribution is -2.52. The van der Waals surface area contributed by atoms with Crippen molar-refractivity contribution in [3.8, 4) is 5.75 Å². The van der Waals surface area contributed by atoms with Crippen LogP contribution in [0, 0.1) is 6.92 Å². The smallest absolute Gasteiger partial charge is 0.489 e. The van der Waals surface area contributed by atoms with Gasteiger partial charge in [0.1, 0.15) is 12.4 Å². The van der Waals surface area contributed by atoms with Crippen molar-refractivity contribution in [1.82, 2.24) is 20.7 Å². The Labute approximate surface area is 298 Å². The number of halogens is 6. The summed E-state index contributed by atoms with van der Waals surface area (Å²) in [5, 5.41) is 27.5. The number of nitrogens with zero attached hydrogens (tertiary/aromatic N) is 2. The molecule has 1 atom stereocenters. The van der Waals surface area contributed by atoms with Crippen LogP contribution in [0.3, 0.4) is 0 Å². The zero-order valence-corrected chi connectivity index (χ0v) is 27.9. The van der Waals surface area contributed by atoms with Gasteiger partial charge in [0, 0.05) is 41.8 Å². The first-order valence-corrected chi connectivity index (χ1v) is 15.5. The van der Waals surface area contributed by atoms with E-state index in [4.69, 9.17) is 29.7 Å². The van der Waals surface area contributed by atoms with Gasteiger partial charge in [0.05, 0.1) is 17.5 Å². The van der Waals surface area contributed by atoms with Crippen LogP contribution in [0.25, 0.3) is 10.9 Å². The Morgan fingerprint density at radius 1 is 0.868 bits per heavy atom. The van der Waals surface area contributed by atoms with Crippen molar-refractivity contribution in [3.63, 3.8) is 0 Å². The maximum atomic E-state index is 13.2. The summed E-state index contributed by atoms with van der Waals surface area (Å²) in [6.45, 7) is 4.29. The minimum atomic E-state index is -5.08. The van der Waals surface area contributed by atoms with Crippen molar-refractivity contribution in [2.45, 2.75) is 50.8 Å². The molecule has 0 saturated carbocycles. The van der Waals surface area contributed by atoms with Crippen LogP contribution in [0.1, 0.15) is 40.0 Å². The molecule has 2 heterocycles. The summed E-state index contributed by atoms with van der Waals surface area (Å²) in [5.74, 6) is -5.67. The predicted molar refractivity (Wildman–Crippen MR) is 176 cm³/mol. The topological polar surface area (TPSA) is 178 Å². The van der Waals surface area contributed by atoms with E-state index in [2.05, 4.69) is 27.3 Å². The number of carbonyl (C=O) groups is 4. The van der Waals surface area contributed by atoms with E-state index >= 15 is 0 Å². The summed E-state index contributed by atoms with van der Waals surface area (Å²) < 4.78 is 69.5. The maximum absolute atomic E-state index is 13.2. The average Bonchev–Trinajstić information content (AvgIpc) is 3.48.